The van der Waals surface area contributed by atoms with Crippen molar-refractivity contribution in [2.75, 3.05) is 7.11 Å². The van der Waals surface area contributed by atoms with Crippen molar-refractivity contribution < 1.29 is 4.74 Å². The van der Waals surface area contributed by atoms with Crippen LogP contribution in [0.25, 0.3) is 0 Å². The maximum Gasteiger partial charge on any atom is 0.118 e. The summed E-state index contributed by atoms with van der Waals surface area (Å²) in [5.41, 5.74) is 1.16. The van der Waals surface area contributed by atoms with E-state index in [9.17, 15) is 0 Å². The molecule has 0 bridgehead atoms. The van der Waals surface area contributed by atoms with Gasteiger partial charge in [-0.05, 0) is 17.7 Å². The fraction of sp³-hybridized carbons (Fsp3) is 0.250. The first kappa shape index (κ1) is 7.48. The van der Waals surface area contributed by atoms with Gasteiger partial charge in [-0.15, -0.1) is 0 Å². The van der Waals surface area contributed by atoms with Crippen LogP contribution in [0.2, 0.25) is 0 Å². The van der Waals surface area contributed by atoms with Crippen LogP contribution in [0.3, 0.4) is 0 Å². The molecule has 0 aliphatic heterocycles. The fourth-order valence-electron chi connectivity index (χ4n) is 0.722. The van der Waals surface area contributed by atoms with E-state index in [2.05, 4.69) is 0 Å². The lowest BCUT2D eigenvalue weighted by Crippen LogP contribution is -1.82. The topological polar surface area (TPSA) is 9.23 Å². The minimum absolute atomic E-state index is 0.671. The second kappa shape index (κ2) is 3.52. The predicted octanol–water partition coefficient (Wildman–Crippen LogP) is 2.39. The minimum Gasteiger partial charge on any atom is -0.497 e. The first-order chi connectivity index (χ1) is 4.86. The molecule has 0 saturated heterocycles. The Hall–Kier alpha value is -0.630. The molecule has 1 radical (unpaired) electrons. The number of rotatable bonds is 2. The Morgan fingerprint density at radius 1 is 1.30 bits per heavy atom. The average Bonchev–Trinajstić information content (AvgIpc) is 2.05. The summed E-state index contributed by atoms with van der Waals surface area (Å²) in [5.74, 6) is 1.55. The summed E-state index contributed by atoms with van der Waals surface area (Å²) in [6.07, 6.45) is 0. The highest BCUT2D eigenvalue weighted by molar-refractivity contribution is 7.79. The van der Waals surface area contributed by atoms with Crippen LogP contribution in [0.15, 0.2) is 24.3 Å². The zero-order valence-corrected chi connectivity index (χ0v) is 6.65. The van der Waals surface area contributed by atoms with Gasteiger partial charge in [0.05, 0.1) is 7.11 Å². The van der Waals surface area contributed by atoms with E-state index in [0.717, 1.165) is 11.3 Å². The smallest absolute Gasteiger partial charge is 0.118 e. The van der Waals surface area contributed by atoms with Gasteiger partial charge in [0, 0.05) is 5.75 Å². The molecule has 1 rings (SSSR count). The second-order valence-corrected chi connectivity index (χ2v) is 2.28. The summed E-state index contributed by atoms with van der Waals surface area (Å²) >= 11 is 4.86. The summed E-state index contributed by atoms with van der Waals surface area (Å²) in [4.78, 5) is 0. The first-order valence-electron chi connectivity index (χ1n) is 3.08. The van der Waals surface area contributed by atoms with Gasteiger partial charge in [0.1, 0.15) is 5.75 Å². The summed E-state index contributed by atoms with van der Waals surface area (Å²) in [7, 11) is 1.66. The summed E-state index contributed by atoms with van der Waals surface area (Å²) < 4.78 is 4.98. The SMILES string of the molecule is COc1ccc(C[S])cc1. The molecule has 0 atom stereocenters. The lowest BCUT2D eigenvalue weighted by molar-refractivity contribution is 0.414. The lowest BCUT2D eigenvalue weighted by atomic mass is 10.2. The van der Waals surface area contributed by atoms with E-state index in [0.29, 0.717) is 5.75 Å². The number of benzene rings is 1. The van der Waals surface area contributed by atoms with Crippen molar-refractivity contribution in [1.82, 2.24) is 0 Å². The molecule has 0 aromatic heterocycles. The first-order valence-corrected chi connectivity index (χ1v) is 3.65. The van der Waals surface area contributed by atoms with Crippen molar-refractivity contribution in [3.8, 4) is 5.75 Å². The Morgan fingerprint density at radius 3 is 2.30 bits per heavy atom. The molecule has 0 saturated carbocycles. The van der Waals surface area contributed by atoms with Gasteiger partial charge in [-0.1, -0.05) is 24.8 Å². The van der Waals surface area contributed by atoms with Crippen molar-refractivity contribution in [2.45, 2.75) is 5.75 Å². The highest BCUT2D eigenvalue weighted by Gasteiger charge is 1.89. The van der Waals surface area contributed by atoms with Gasteiger partial charge in [-0.25, -0.2) is 0 Å². The lowest BCUT2D eigenvalue weighted by Gasteiger charge is -1.98. The normalized spacial score (nSPS) is 9.40. The quantitative estimate of drug-likeness (QED) is 0.634. The molecule has 0 aliphatic rings. The van der Waals surface area contributed by atoms with Crippen LogP contribution < -0.4 is 4.74 Å². The average molecular weight is 153 g/mol. The molecule has 10 heavy (non-hydrogen) atoms. The maximum atomic E-state index is 4.98. The van der Waals surface area contributed by atoms with Crippen LogP contribution >= 0.6 is 12.6 Å². The van der Waals surface area contributed by atoms with E-state index >= 15 is 0 Å². The Balaban J connectivity index is 2.80. The van der Waals surface area contributed by atoms with Crippen LogP contribution in [0.1, 0.15) is 5.56 Å². The van der Waals surface area contributed by atoms with Gasteiger partial charge in [-0.2, -0.15) is 0 Å². The number of hydrogen-bond acceptors (Lipinski definition) is 1. The molecule has 1 aromatic carbocycles. The van der Waals surface area contributed by atoms with E-state index in [4.69, 9.17) is 17.4 Å². The maximum absolute atomic E-state index is 4.98. The minimum atomic E-state index is 0.671. The third-order valence-corrected chi connectivity index (χ3v) is 1.66. The molecule has 1 aromatic rings. The fourth-order valence-corrected chi connectivity index (χ4v) is 0.914. The molecular weight excluding hydrogens is 144 g/mol. The molecule has 2 heteroatoms. The van der Waals surface area contributed by atoms with E-state index in [1.807, 2.05) is 24.3 Å². The molecule has 1 nitrogen and oxygen atoms in total. The van der Waals surface area contributed by atoms with E-state index in [-0.39, 0.29) is 0 Å². The van der Waals surface area contributed by atoms with Gasteiger partial charge in [0.2, 0.25) is 0 Å². The number of methoxy groups -OCH3 is 1. The molecule has 0 amide bonds. The Morgan fingerprint density at radius 2 is 1.90 bits per heavy atom. The molecule has 0 N–H and O–H groups in total. The molecule has 0 fully saturated rings. The molecule has 0 heterocycles. The largest absolute Gasteiger partial charge is 0.497 e. The van der Waals surface area contributed by atoms with Crippen LogP contribution in [0.4, 0.5) is 0 Å². The highest BCUT2D eigenvalue weighted by Crippen LogP contribution is 2.11. The summed E-state index contributed by atoms with van der Waals surface area (Å²) in [6.45, 7) is 0. The Labute approximate surface area is 66.4 Å². The van der Waals surface area contributed by atoms with E-state index in [1.54, 1.807) is 7.11 Å². The van der Waals surface area contributed by atoms with Crippen molar-refractivity contribution >= 4 is 12.6 Å². The zero-order valence-electron chi connectivity index (χ0n) is 5.83. The standard InChI is InChI=1S/C8H9OS/c1-9-8-4-2-7(6-10)3-5-8/h2-5H,6H2,1H3. The molecule has 0 unspecified atom stereocenters. The van der Waals surface area contributed by atoms with Crippen molar-refractivity contribution in [2.24, 2.45) is 0 Å². The molecule has 53 valence electrons. The van der Waals surface area contributed by atoms with Gasteiger partial charge in [0.25, 0.3) is 0 Å². The predicted molar refractivity (Wildman–Crippen MR) is 44.3 cm³/mol. The van der Waals surface area contributed by atoms with Gasteiger partial charge < -0.3 is 4.74 Å². The molecule has 0 aliphatic carbocycles. The van der Waals surface area contributed by atoms with Crippen molar-refractivity contribution in [3.05, 3.63) is 29.8 Å². The number of hydrogen-bond donors (Lipinski definition) is 0. The third-order valence-electron chi connectivity index (χ3n) is 1.33. The molecular formula is C8H9OS. The van der Waals surface area contributed by atoms with Gasteiger partial charge in [-0.3, -0.25) is 0 Å². The van der Waals surface area contributed by atoms with E-state index in [1.165, 1.54) is 0 Å². The monoisotopic (exact) mass is 153 g/mol. The summed E-state index contributed by atoms with van der Waals surface area (Å²) in [6, 6.07) is 7.79. The van der Waals surface area contributed by atoms with Crippen molar-refractivity contribution in [3.63, 3.8) is 0 Å². The highest BCUT2D eigenvalue weighted by atomic mass is 32.1. The Bertz CT molecular complexity index is 170. The van der Waals surface area contributed by atoms with Crippen LogP contribution in [0.5, 0.6) is 5.75 Å². The van der Waals surface area contributed by atoms with Crippen LogP contribution in [-0.2, 0) is 5.75 Å². The van der Waals surface area contributed by atoms with E-state index < -0.39 is 0 Å². The second-order valence-electron chi connectivity index (χ2n) is 1.99. The third kappa shape index (κ3) is 1.67. The number of ether oxygens (including phenoxy) is 1. The van der Waals surface area contributed by atoms with Crippen molar-refractivity contribution in [1.29, 1.82) is 0 Å². The zero-order chi connectivity index (χ0) is 7.40. The Kier molecular flexibility index (Phi) is 2.63. The van der Waals surface area contributed by atoms with Crippen LogP contribution in [-0.4, -0.2) is 7.11 Å². The van der Waals surface area contributed by atoms with Crippen LogP contribution in [0, 0.1) is 0 Å². The van der Waals surface area contributed by atoms with Gasteiger partial charge >= 0.3 is 0 Å². The molecule has 0 spiro atoms. The van der Waals surface area contributed by atoms with Gasteiger partial charge in [0.15, 0.2) is 0 Å². The summed E-state index contributed by atoms with van der Waals surface area (Å²) in [5, 5.41) is 0.